The standard InChI is InChI=1S/C19H24N4O.HI/c1-20-18(23-11-10-19(14-23)8-5-9-19)21-13-16-12-17(24-22-16)15-6-3-2-4-7-15;/h2-4,6-7,12H,5,8-11,13-14H2,1H3,(H,20,21);1H. The molecule has 1 saturated carbocycles. The number of rotatable bonds is 3. The summed E-state index contributed by atoms with van der Waals surface area (Å²) in [5, 5.41) is 7.60. The molecule has 1 N–H and O–H groups in total. The van der Waals surface area contributed by atoms with E-state index in [1.165, 1.54) is 25.7 Å². The van der Waals surface area contributed by atoms with Crippen molar-refractivity contribution in [2.75, 3.05) is 20.1 Å². The summed E-state index contributed by atoms with van der Waals surface area (Å²) in [6.07, 6.45) is 5.45. The van der Waals surface area contributed by atoms with Crippen LogP contribution < -0.4 is 5.32 Å². The monoisotopic (exact) mass is 452 g/mol. The lowest BCUT2D eigenvalue weighted by Gasteiger charge is -2.38. The molecule has 25 heavy (non-hydrogen) atoms. The van der Waals surface area contributed by atoms with Gasteiger partial charge in [-0.15, -0.1) is 24.0 Å². The van der Waals surface area contributed by atoms with E-state index in [0.29, 0.717) is 12.0 Å². The molecular formula is C19H25IN4O. The van der Waals surface area contributed by atoms with Crippen molar-refractivity contribution in [3.63, 3.8) is 0 Å². The molecule has 0 radical (unpaired) electrons. The third-order valence-corrected chi connectivity index (χ3v) is 5.41. The summed E-state index contributed by atoms with van der Waals surface area (Å²) in [5.74, 6) is 1.78. The van der Waals surface area contributed by atoms with Gasteiger partial charge in [0.1, 0.15) is 5.69 Å². The Balaban J connectivity index is 0.00000182. The summed E-state index contributed by atoms with van der Waals surface area (Å²) in [4.78, 5) is 6.83. The van der Waals surface area contributed by atoms with Gasteiger partial charge in [-0.3, -0.25) is 4.99 Å². The SMILES string of the molecule is CN=C(NCc1cc(-c2ccccc2)on1)N1CCC2(CCC2)C1.I. The number of hydrogen-bond acceptors (Lipinski definition) is 3. The lowest BCUT2D eigenvalue weighted by atomic mass is 9.68. The number of benzene rings is 1. The van der Waals surface area contributed by atoms with Crippen molar-refractivity contribution < 1.29 is 4.52 Å². The predicted molar refractivity (Wildman–Crippen MR) is 110 cm³/mol. The Morgan fingerprint density at radius 2 is 2.08 bits per heavy atom. The largest absolute Gasteiger partial charge is 0.356 e. The number of nitrogens with zero attached hydrogens (tertiary/aromatic N) is 3. The average Bonchev–Trinajstić information content (AvgIpc) is 3.23. The molecule has 0 bridgehead atoms. The predicted octanol–water partition coefficient (Wildman–Crippen LogP) is 3.91. The van der Waals surface area contributed by atoms with Crippen LogP contribution in [0.25, 0.3) is 11.3 Å². The van der Waals surface area contributed by atoms with Crippen molar-refractivity contribution >= 4 is 29.9 Å². The second-order valence-electron chi connectivity index (χ2n) is 6.97. The van der Waals surface area contributed by atoms with E-state index in [2.05, 4.69) is 20.4 Å². The van der Waals surface area contributed by atoms with Gasteiger partial charge < -0.3 is 14.7 Å². The highest BCUT2D eigenvalue weighted by molar-refractivity contribution is 14.0. The smallest absolute Gasteiger partial charge is 0.193 e. The van der Waals surface area contributed by atoms with Crippen molar-refractivity contribution in [1.82, 2.24) is 15.4 Å². The molecule has 2 aromatic rings. The summed E-state index contributed by atoms with van der Waals surface area (Å²) in [5.41, 5.74) is 2.52. The molecule has 1 aliphatic carbocycles. The number of aliphatic imine (C=N–C) groups is 1. The van der Waals surface area contributed by atoms with Gasteiger partial charge in [-0.1, -0.05) is 41.9 Å². The Morgan fingerprint density at radius 1 is 1.28 bits per heavy atom. The molecule has 0 atom stereocenters. The maximum absolute atomic E-state index is 5.46. The molecular weight excluding hydrogens is 427 g/mol. The van der Waals surface area contributed by atoms with E-state index in [1.807, 2.05) is 43.4 Å². The fourth-order valence-electron chi connectivity index (χ4n) is 3.84. The van der Waals surface area contributed by atoms with Crippen LogP contribution in [0, 0.1) is 5.41 Å². The molecule has 5 nitrogen and oxygen atoms in total. The van der Waals surface area contributed by atoms with Gasteiger partial charge in [-0.2, -0.15) is 0 Å². The number of guanidine groups is 1. The first-order chi connectivity index (χ1) is 11.8. The Bertz CT molecular complexity index is 724. The molecule has 0 unspecified atom stereocenters. The molecule has 1 saturated heterocycles. The maximum atomic E-state index is 5.46. The zero-order valence-corrected chi connectivity index (χ0v) is 16.9. The zero-order chi connectivity index (χ0) is 16.4. The highest BCUT2D eigenvalue weighted by Gasteiger charge is 2.43. The molecule has 2 heterocycles. The lowest BCUT2D eigenvalue weighted by Crippen LogP contribution is -2.42. The number of hydrogen-bond donors (Lipinski definition) is 1. The molecule has 134 valence electrons. The van der Waals surface area contributed by atoms with Crippen molar-refractivity contribution in [2.24, 2.45) is 10.4 Å². The van der Waals surface area contributed by atoms with Gasteiger partial charge in [-0.25, -0.2) is 0 Å². The van der Waals surface area contributed by atoms with E-state index in [4.69, 9.17) is 4.52 Å². The minimum Gasteiger partial charge on any atom is -0.356 e. The minimum atomic E-state index is 0. The molecule has 1 aromatic heterocycles. The van der Waals surface area contributed by atoms with Crippen LogP contribution in [0.5, 0.6) is 0 Å². The average molecular weight is 452 g/mol. The van der Waals surface area contributed by atoms with Crippen molar-refractivity contribution in [3.8, 4) is 11.3 Å². The zero-order valence-electron chi connectivity index (χ0n) is 14.6. The maximum Gasteiger partial charge on any atom is 0.193 e. The molecule has 2 aliphatic rings. The Morgan fingerprint density at radius 3 is 2.72 bits per heavy atom. The van der Waals surface area contributed by atoms with Gasteiger partial charge in [0, 0.05) is 31.8 Å². The third-order valence-electron chi connectivity index (χ3n) is 5.41. The van der Waals surface area contributed by atoms with Crippen LogP contribution in [0.2, 0.25) is 0 Å². The topological polar surface area (TPSA) is 53.7 Å². The number of nitrogens with one attached hydrogen (secondary N) is 1. The number of likely N-dealkylation sites (tertiary alicyclic amines) is 1. The summed E-state index contributed by atoms with van der Waals surface area (Å²) in [6.45, 7) is 2.88. The fourth-order valence-corrected chi connectivity index (χ4v) is 3.84. The first-order valence-corrected chi connectivity index (χ1v) is 8.75. The summed E-state index contributed by atoms with van der Waals surface area (Å²) in [7, 11) is 1.85. The minimum absolute atomic E-state index is 0. The van der Waals surface area contributed by atoms with Gasteiger partial charge in [0.15, 0.2) is 11.7 Å². The van der Waals surface area contributed by atoms with Crippen molar-refractivity contribution in [1.29, 1.82) is 0 Å². The van der Waals surface area contributed by atoms with Crippen LogP contribution in [0.4, 0.5) is 0 Å². The van der Waals surface area contributed by atoms with Crippen LogP contribution in [-0.2, 0) is 6.54 Å². The second-order valence-corrected chi connectivity index (χ2v) is 6.97. The van der Waals surface area contributed by atoms with Crippen LogP contribution >= 0.6 is 24.0 Å². The Labute approximate surface area is 165 Å². The fraction of sp³-hybridized carbons (Fsp3) is 0.474. The summed E-state index contributed by atoms with van der Waals surface area (Å²) in [6, 6.07) is 12.0. The van der Waals surface area contributed by atoms with E-state index in [9.17, 15) is 0 Å². The summed E-state index contributed by atoms with van der Waals surface area (Å²) >= 11 is 0. The van der Waals surface area contributed by atoms with Gasteiger partial charge in [0.25, 0.3) is 0 Å². The highest BCUT2D eigenvalue weighted by Crippen LogP contribution is 2.47. The van der Waals surface area contributed by atoms with Crippen molar-refractivity contribution in [2.45, 2.75) is 32.2 Å². The van der Waals surface area contributed by atoms with E-state index >= 15 is 0 Å². The first kappa shape index (κ1) is 18.2. The molecule has 2 fully saturated rings. The van der Waals surface area contributed by atoms with Gasteiger partial charge in [-0.05, 0) is 24.7 Å². The molecule has 1 spiro atoms. The van der Waals surface area contributed by atoms with Crippen LogP contribution in [-0.4, -0.2) is 36.2 Å². The van der Waals surface area contributed by atoms with E-state index < -0.39 is 0 Å². The van der Waals surface area contributed by atoms with E-state index in [-0.39, 0.29) is 24.0 Å². The quantitative estimate of drug-likeness (QED) is 0.436. The molecule has 1 aromatic carbocycles. The first-order valence-electron chi connectivity index (χ1n) is 8.75. The highest BCUT2D eigenvalue weighted by atomic mass is 127. The molecule has 6 heteroatoms. The van der Waals surface area contributed by atoms with Crippen molar-refractivity contribution in [3.05, 3.63) is 42.1 Å². The molecule has 0 amide bonds. The van der Waals surface area contributed by atoms with Crippen LogP contribution in [0.15, 0.2) is 45.9 Å². The molecule has 4 rings (SSSR count). The van der Waals surface area contributed by atoms with Gasteiger partial charge >= 0.3 is 0 Å². The van der Waals surface area contributed by atoms with Gasteiger partial charge in [0.2, 0.25) is 0 Å². The third kappa shape index (κ3) is 3.83. The summed E-state index contributed by atoms with van der Waals surface area (Å²) < 4.78 is 5.46. The van der Waals surface area contributed by atoms with Crippen LogP contribution in [0.3, 0.4) is 0 Å². The van der Waals surface area contributed by atoms with E-state index in [1.54, 1.807) is 0 Å². The van der Waals surface area contributed by atoms with Gasteiger partial charge in [0.05, 0.1) is 6.54 Å². The van der Waals surface area contributed by atoms with Crippen LogP contribution in [0.1, 0.15) is 31.4 Å². The Hall–Kier alpha value is -1.57. The van der Waals surface area contributed by atoms with E-state index in [0.717, 1.165) is 36.1 Å². The molecule has 1 aliphatic heterocycles. The number of aromatic nitrogens is 1. The second kappa shape index (κ2) is 7.76. The Kier molecular flexibility index (Phi) is 5.66. The lowest BCUT2D eigenvalue weighted by molar-refractivity contribution is 0.151. The number of halogens is 1. The normalized spacial score (nSPS) is 18.8.